The maximum atomic E-state index is 8.87. The van der Waals surface area contributed by atoms with Crippen LogP contribution in [0.5, 0.6) is 11.5 Å². The van der Waals surface area contributed by atoms with Gasteiger partial charge in [0.2, 0.25) is 0 Å². The van der Waals surface area contributed by atoms with Crippen molar-refractivity contribution < 1.29 is 9.94 Å². The van der Waals surface area contributed by atoms with Gasteiger partial charge in [0.1, 0.15) is 17.6 Å². The molecule has 4 nitrogen and oxygen atoms in total. The molecule has 0 radical (unpaired) electrons. The van der Waals surface area contributed by atoms with E-state index in [0.717, 1.165) is 0 Å². The van der Waals surface area contributed by atoms with E-state index in [4.69, 9.17) is 15.2 Å². The Kier molecular flexibility index (Phi) is 3.57. The minimum atomic E-state index is -0.0819. The van der Waals surface area contributed by atoms with Gasteiger partial charge in [-0.1, -0.05) is 35.5 Å². The van der Waals surface area contributed by atoms with Crippen LogP contribution in [0.25, 0.3) is 0 Å². The zero-order valence-corrected chi connectivity index (χ0v) is 9.45. The van der Waals surface area contributed by atoms with E-state index in [9.17, 15) is 0 Å². The van der Waals surface area contributed by atoms with Gasteiger partial charge in [0.15, 0.2) is 5.71 Å². The molecule has 0 saturated heterocycles. The molecule has 0 unspecified atom stereocenters. The molecule has 1 N–H and O–H groups in total. The van der Waals surface area contributed by atoms with Crippen molar-refractivity contribution in [1.29, 1.82) is 5.26 Å². The van der Waals surface area contributed by atoms with E-state index in [1.54, 1.807) is 36.4 Å². The lowest BCUT2D eigenvalue weighted by Crippen LogP contribution is -2.00. The molecule has 0 aromatic heterocycles. The Balaban J connectivity index is 2.38. The van der Waals surface area contributed by atoms with Gasteiger partial charge in [0, 0.05) is 0 Å². The number of nitrogens with zero attached hydrogens (tertiary/aromatic N) is 2. The number of rotatable bonds is 3. The average Bonchev–Trinajstić information content (AvgIpc) is 2.43. The largest absolute Gasteiger partial charge is 0.457 e. The van der Waals surface area contributed by atoms with E-state index < -0.39 is 0 Å². The standard InChI is InChI=1S/C14H10N2O2/c15-10-13(16-17)12-8-4-5-9-14(12)18-11-6-2-1-3-7-11/h1-9,17H. The lowest BCUT2D eigenvalue weighted by molar-refractivity contribution is 0.320. The van der Waals surface area contributed by atoms with E-state index >= 15 is 0 Å². The number of nitriles is 1. The van der Waals surface area contributed by atoms with E-state index in [2.05, 4.69) is 5.16 Å². The van der Waals surface area contributed by atoms with Crippen molar-refractivity contribution in [2.45, 2.75) is 0 Å². The van der Waals surface area contributed by atoms with Crippen molar-refractivity contribution in [1.82, 2.24) is 0 Å². The predicted octanol–water partition coefficient (Wildman–Crippen LogP) is 3.18. The summed E-state index contributed by atoms with van der Waals surface area (Å²) in [5.41, 5.74) is 0.368. The summed E-state index contributed by atoms with van der Waals surface area (Å²) >= 11 is 0. The molecular formula is C14H10N2O2. The zero-order chi connectivity index (χ0) is 12.8. The van der Waals surface area contributed by atoms with Crippen LogP contribution in [0.3, 0.4) is 0 Å². The first-order valence-electron chi connectivity index (χ1n) is 5.29. The number of hydrogen-bond donors (Lipinski definition) is 1. The molecule has 2 rings (SSSR count). The summed E-state index contributed by atoms with van der Waals surface area (Å²) < 4.78 is 5.65. The Labute approximate surface area is 104 Å². The molecule has 4 heteroatoms. The molecule has 0 heterocycles. The summed E-state index contributed by atoms with van der Waals surface area (Å²) in [5, 5.41) is 20.6. The van der Waals surface area contributed by atoms with Gasteiger partial charge in [-0.25, -0.2) is 0 Å². The van der Waals surface area contributed by atoms with Gasteiger partial charge in [-0.2, -0.15) is 5.26 Å². The Morgan fingerprint density at radius 3 is 2.39 bits per heavy atom. The third-order valence-corrected chi connectivity index (χ3v) is 2.32. The summed E-state index contributed by atoms with van der Waals surface area (Å²) in [7, 11) is 0. The molecule has 0 spiro atoms. The first kappa shape index (κ1) is 11.7. The monoisotopic (exact) mass is 238 g/mol. The Hall–Kier alpha value is -2.80. The van der Waals surface area contributed by atoms with Crippen LogP contribution in [-0.2, 0) is 0 Å². The van der Waals surface area contributed by atoms with Crippen LogP contribution in [0, 0.1) is 11.3 Å². The summed E-state index contributed by atoms with van der Waals surface area (Å²) in [6.07, 6.45) is 0. The molecule has 18 heavy (non-hydrogen) atoms. The molecule has 88 valence electrons. The maximum Gasteiger partial charge on any atom is 0.190 e. The van der Waals surface area contributed by atoms with Crippen LogP contribution in [0.1, 0.15) is 5.56 Å². The van der Waals surface area contributed by atoms with E-state index in [0.29, 0.717) is 17.1 Å². The van der Waals surface area contributed by atoms with Crippen LogP contribution in [0.15, 0.2) is 59.8 Å². The molecule has 0 aliphatic carbocycles. The molecule has 2 aromatic carbocycles. The third-order valence-electron chi connectivity index (χ3n) is 2.32. The van der Waals surface area contributed by atoms with E-state index in [1.807, 2.05) is 24.3 Å². The first-order valence-corrected chi connectivity index (χ1v) is 5.29. The third kappa shape index (κ3) is 2.47. The normalized spacial score (nSPS) is 10.7. The summed E-state index contributed by atoms with van der Waals surface area (Å²) in [6.45, 7) is 0. The van der Waals surface area contributed by atoms with Crippen LogP contribution in [-0.4, -0.2) is 10.9 Å². The lowest BCUT2D eigenvalue weighted by Gasteiger charge is -2.08. The SMILES string of the molecule is N#CC(=NO)c1ccccc1Oc1ccccc1. The summed E-state index contributed by atoms with van der Waals surface area (Å²) in [5.74, 6) is 1.12. The first-order chi connectivity index (χ1) is 8.85. The summed E-state index contributed by atoms with van der Waals surface area (Å²) in [6, 6.07) is 17.9. The van der Waals surface area contributed by atoms with E-state index in [-0.39, 0.29) is 5.71 Å². The van der Waals surface area contributed by atoms with Gasteiger partial charge >= 0.3 is 0 Å². The second-order valence-electron chi connectivity index (χ2n) is 3.47. The van der Waals surface area contributed by atoms with Crippen molar-refractivity contribution in [2.75, 3.05) is 0 Å². The van der Waals surface area contributed by atoms with Crippen LogP contribution in [0.4, 0.5) is 0 Å². The van der Waals surface area contributed by atoms with Gasteiger partial charge < -0.3 is 9.94 Å². The average molecular weight is 238 g/mol. The van der Waals surface area contributed by atoms with Gasteiger partial charge in [0.05, 0.1) is 5.56 Å². The fraction of sp³-hybridized carbons (Fsp3) is 0. The fourth-order valence-corrected chi connectivity index (χ4v) is 1.50. The second kappa shape index (κ2) is 5.51. The zero-order valence-electron chi connectivity index (χ0n) is 9.45. The van der Waals surface area contributed by atoms with E-state index in [1.165, 1.54) is 0 Å². The van der Waals surface area contributed by atoms with Gasteiger partial charge in [0.25, 0.3) is 0 Å². The minimum absolute atomic E-state index is 0.0819. The Bertz CT molecular complexity index is 601. The topological polar surface area (TPSA) is 65.6 Å². The van der Waals surface area contributed by atoms with Gasteiger partial charge in [-0.15, -0.1) is 0 Å². The number of benzene rings is 2. The molecule has 0 aliphatic rings. The molecule has 0 fully saturated rings. The highest BCUT2D eigenvalue weighted by Gasteiger charge is 2.10. The minimum Gasteiger partial charge on any atom is -0.457 e. The number of para-hydroxylation sites is 2. The van der Waals surface area contributed by atoms with Crippen molar-refractivity contribution in [3.8, 4) is 17.6 Å². The Morgan fingerprint density at radius 2 is 1.72 bits per heavy atom. The molecule has 0 saturated carbocycles. The molecule has 0 atom stereocenters. The Morgan fingerprint density at radius 1 is 1.06 bits per heavy atom. The lowest BCUT2D eigenvalue weighted by atomic mass is 10.1. The summed E-state index contributed by atoms with van der Waals surface area (Å²) in [4.78, 5) is 0. The van der Waals surface area contributed by atoms with Gasteiger partial charge in [-0.05, 0) is 24.3 Å². The van der Waals surface area contributed by atoms with Crippen molar-refractivity contribution in [3.05, 3.63) is 60.2 Å². The van der Waals surface area contributed by atoms with Gasteiger partial charge in [-0.3, -0.25) is 0 Å². The van der Waals surface area contributed by atoms with Crippen LogP contribution in [0.2, 0.25) is 0 Å². The van der Waals surface area contributed by atoms with Crippen LogP contribution < -0.4 is 4.74 Å². The molecule has 0 aliphatic heterocycles. The maximum absolute atomic E-state index is 8.87. The number of hydrogen-bond acceptors (Lipinski definition) is 4. The number of oxime groups is 1. The van der Waals surface area contributed by atoms with Crippen LogP contribution >= 0.6 is 0 Å². The molecule has 0 bridgehead atoms. The molecular weight excluding hydrogens is 228 g/mol. The quantitative estimate of drug-likeness (QED) is 0.507. The highest BCUT2D eigenvalue weighted by Crippen LogP contribution is 2.25. The molecule has 0 amide bonds. The second-order valence-corrected chi connectivity index (χ2v) is 3.47. The highest BCUT2D eigenvalue weighted by atomic mass is 16.5. The van der Waals surface area contributed by atoms with Crippen molar-refractivity contribution in [3.63, 3.8) is 0 Å². The predicted molar refractivity (Wildman–Crippen MR) is 66.9 cm³/mol. The smallest absolute Gasteiger partial charge is 0.190 e. The molecule has 2 aromatic rings. The van der Waals surface area contributed by atoms with Crippen molar-refractivity contribution in [2.24, 2.45) is 5.16 Å². The number of ether oxygens (including phenoxy) is 1. The fourth-order valence-electron chi connectivity index (χ4n) is 1.50. The highest BCUT2D eigenvalue weighted by molar-refractivity contribution is 6.12. The van der Waals surface area contributed by atoms with Crippen molar-refractivity contribution >= 4 is 5.71 Å².